The van der Waals surface area contributed by atoms with Crippen LogP contribution in [0, 0.1) is 0 Å². The molecular formula is C9H6BrClN2O. The number of H-pyrrole nitrogens is 1. The Labute approximate surface area is 93.6 Å². The van der Waals surface area contributed by atoms with E-state index in [4.69, 9.17) is 11.6 Å². The highest BCUT2D eigenvalue weighted by atomic mass is 79.9. The van der Waals surface area contributed by atoms with Crippen LogP contribution < -0.4 is 0 Å². The first-order valence-corrected chi connectivity index (χ1v) is 5.44. The number of nitrogens with zero attached hydrogens (tertiary/aromatic N) is 1. The lowest BCUT2D eigenvalue weighted by atomic mass is 10.1. The van der Waals surface area contributed by atoms with E-state index in [2.05, 4.69) is 25.9 Å². The Morgan fingerprint density at radius 1 is 1.57 bits per heavy atom. The fraction of sp³-hybridized carbons (Fsp3) is 0.111. The molecule has 0 atom stereocenters. The van der Waals surface area contributed by atoms with Gasteiger partial charge in [-0.2, -0.15) is 0 Å². The highest BCUT2D eigenvalue weighted by Crippen LogP contribution is 2.23. The molecule has 2 aromatic rings. The third-order valence-electron chi connectivity index (χ3n) is 2.02. The Morgan fingerprint density at radius 2 is 2.36 bits per heavy atom. The lowest BCUT2D eigenvalue weighted by molar-refractivity contribution is 0.108. The summed E-state index contributed by atoms with van der Waals surface area (Å²) in [6.45, 7) is 0. The van der Waals surface area contributed by atoms with Gasteiger partial charge in [-0.15, -0.1) is 0 Å². The summed E-state index contributed by atoms with van der Waals surface area (Å²) in [4.78, 5) is 18.2. The number of carbonyl (C=O) groups excluding carboxylic acids is 1. The summed E-state index contributed by atoms with van der Waals surface area (Å²) < 4.78 is 0. The molecule has 0 aliphatic rings. The SMILES string of the molecule is O=C(Cl)c1c(CBr)ccc2[nH]cnc12. The molecule has 1 aromatic heterocycles. The number of nitrogens with one attached hydrogen (secondary N) is 1. The molecule has 0 bridgehead atoms. The molecule has 0 saturated carbocycles. The third-order valence-corrected chi connectivity index (χ3v) is 2.81. The van der Waals surface area contributed by atoms with E-state index in [1.54, 1.807) is 6.33 Å². The van der Waals surface area contributed by atoms with Gasteiger partial charge >= 0.3 is 0 Å². The van der Waals surface area contributed by atoms with Crippen LogP contribution in [0.3, 0.4) is 0 Å². The average Bonchev–Trinajstić information content (AvgIpc) is 2.62. The highest BCUT2D eigenvalue weighted by molar-refractivity contribution is 9.08. The molecule has 1 aromatic carbocycles. The first kappa shape index (κ1) is 9.68. The second-order valence-electron chi connectivity index (χ2n) is 2.81. The lowest BCUT2D eigenvalue weighted by Crippen LogP contribution is -1.97. The molecule has 3 nitrogen and oxygen atoms in total. The van der Waals surface area contributed by atoms with Crippen molar-refractivity contribution in [1.29, 1.82) is 0 Å². The first-order chi connectivity index (χ1) is 6.74. The predicted octanol–water partition coefficient (Wildman–Crippen LogP) is 2.84. The molecule has 0 fully saturated rings. The quantitative estimate of drug-likeness (QED) is 0.675. The number of aromatic nitrogens is 2. The smallest absolute Gasteiger partial charge is 0.254 e. The molecule has 0 aliphatic heterocycles. The second-order valence-corrected chi connectivity index (χ2v) is 3.71. The van der Waals surface area contributed by atoms with Crippen molar-refractivity contribution in [1.82, 2.24) is 9.97 Å². The molecule has 1 N–H and O–H groups in total. The molecule has 0 aliphatic carbocycles. The van der Waals surface area contributed by atoms with Gasteiger partial charge in [-0.3, -0.25) is 4.79 Å². The van der Waals surface area contributed by atoms with Crippen LogP contribution in [0.25, 0.3) is 11.0 Å². The Morgan fingerprint density at radius 3 is 3.00 bits per heavy atom. The highest BCUT2D eigenvalue weighted by Gasteiger charge is 2.14. The third kappa shape index (κ3) is 1.44. The zero-order valence-electron chi connectivity index (χ0n) is 7.05. The molecule has 0 saturated heterocycles. The number of fused-ring (bicyclic) bond motifs is 1. The van der Waals surface area contributed by atoms with Gasteiger partial charge in [0.05, 0.1) is 17.4 Å². The number of carbonyl (C=O) groups is 1. The monoisotopic (exact) mass is 272 g/mol. The fourth-order valence-corrected chi connectivity index (χ4v) is 2.06. The number of rotatable bonds is 2. The standard InChI is InChI=1S/C9H6BrClN2O/c10-3-5-1-2-6-8(13-4-12-6)7(5)9(11)14/h1-2,4H,3H2,(H,12,13). The van der Waals surface area contributed by atoms with E-state index in [1.165, 1.54) is 0 Å². The van der Waals surface area contributed by atoms with Gasteiger partial charge in [-0.05, 0) is 23.2 Å². The van der Waals surface area contributed by atoms with E-state index < -0.39 is 5.24 Å². The van der Waals surface area contributed by atoms with Crippen molar-refractivity contribution in [2.75, 3.05) is 0 Å². The van der Waals surface area contributed by atoms with E-state index >= 15 is 0 Å². The van der Waals surface area contributed by atoms with Crippen LogP contribution in [0.5, 0.6) is 0 Å². The summed E-state index contributed by atoms with van der Waals surface area (Å²) in [7, 11) is 0. The van der Waals surface area contributed by atoms with Crippen molar-refractivity contribution < 1.29 is 4.79 Å². The fourth-order valence-electron chi connectivity index (χ4n) is 1.38. The average molecular weight is 274 g/mol. The molecule has 0 amide bonds. The summed E-state index contributed by atoms with van der Waals surface area (Å²) in [5.41, 5.74) is 2.77. The minimum absolute atomic E-state index is 0.474. The largest absolute Gasteiger partial charge is 0.345 e. The molecule has 0 spiro atoms. The number of hydrogen-bond acceptors (Lipinski definition) is 2. The Kier molecular flexibility index (Phi) is 2.56. The first-order valence-electron chi connectivity index (χ1n) is 3.95. The maximum atomic E-state index is 11.2. The van der Waals surface area contributed by atoms with E-state index in [0.717, 1.165) is 11.1 Å². The van der Waals surface area contributed by atoms with Crippen LogP contribution in [-0.2, 0) is 5.33 Å². The molecule has 0 radical (unpaired) electrons. The second kappa shape index (κ2) is 3.71. The van der Waals surface area contributed by atoms with Crippen molar-refractivity contribution in [2.45, 2.75) is 5.33 Å². The van der Waals surface area contributed by atoms with Gasteiger partial charge in [0.25, 0.3) is 5.24 Å². The van der Waals surface area contributed by atoms with E-state index in [0.29, 0.717) is 16.4 Å². The topological polar surface area (TPSA) is 45.8 Å². The van der Waals surface area contributed by atoms with Gasteiger partial charge in [0.2, 0.25) is 0 Å². The summed E-state index contributed by atoms with van der Waals surface area (Å²) in [5.74, 6) is 0. The zero-order valence-corrected chi connectivity index (χ0v) is 9.39. The van der Waals surface area contributed by atoms with Crippen molar-refractivity contribution in [3.05, 3.63) is 29.6 Å². The van der Waals surface area contributed by atoms with Crippen LogP contribution in [0.15, 0.2) is 18.5 Å². The Balaban J connectivity index is 2.82. The number of imidazole rings is 1. The van der Waals surface area contributed by atoms with Crippen LogP contribution in [0.1, 0.15) is 15.9 Å². The predicted molar refractivity (Wildman–Crippen MR) is 58.9 cm³/mol. The van der Waals surface area contributed by atoms with Crippen molar-refractivity contribution >= 4 is 43.8 Å². The summed E-state index contributed by atoms with van der Waals surface area (Å²) >= 11 is 8.81. The van der Waals surface area contributed by atoms with Gasteiger partial charge in [0.15, 0.2) is 0 Å². The van der Waals surface area contributed by atoms with Gasteiger partial charge in [-0.1, -0.05) is 22.0 Å². The van der Waals surface area contributed by atoms with Crippen LogP contribution >= 0.6 is 27.5 Å². The summed E-state index contributed by atoms with van der Waals surface area (Å²) in [5, 5.41) is 0.112. The lowest BCUT2D eigenvalue weighted by Gasteiger charge is -2.02. The van der Waals surface area contributed by atoms with Crippen LogP contribution in [0.2, 0.25) is 0 Å². The minimum atomic E-state index is -0.475. The zero-order chi connectivity index (χ0) is 10.1. The normalized spacial score (nSPS) is 10.7. The molecule has 2 rings (SSSR count). The van der Waals surface area contributed by atoms with Crippen molar-refractivity contribution in [2.24, 2.45) is 0 Å². The van der Waals surface area contributed by atoms with Gasteiger partial charge in [0, 0.05) is 5.33 Å². The van der Waals surface area contributed by atoms with Gasteiger partial charge in [-0.25, -0.2) is 4.98 Å². The Bertz CT molecular complexity index is 495. The van der Waals surface area contributed by atoms with E-state index in [1.807, 2.05) is 12.1 Å². The number of benzene rings is 1. The molecule has 14 heavy (non-hydrogen) atoms. The maximum absolute atomic E-state index is 11.2. The molecule has 5 heteroatoms. The number of hydrogen-bond donors (Lipinski definition) is 1. The summed E-state index contributed by atoms with van der Waals surface area (Å²) in [6, 6.07) is 3.73. The maximum Gasteiger partial charge on any atom is 0.254 e. The Hall–Kier alpha value is -0.870. The molecule has 0 unspecified atom stereocenters. The van der Waals surface area contributed by atoms with Gasteiger partial charge < -0.3 is 4.98 Å². The van der Waals surface area contributed by atoms with Crippen molar-refractivity contribution in [3.63, 3.8) is 0 Å². The molecule has 1 heterocycles. The van der Waals surface area contributed by atoms with E-state index in [-0.39, 0.29) is 0 Å². The van der Waals surface area contributed by atoms with E-state index in [9.17, 15) is 4.79 Å². The molecule has 72 valence electrons. The number of halogens is 2. The number of alkyl halides is 1. The number of aromatic amines is 1. The minimum Gasteiger partial charge on any atom is -0.345 e. The van der Waals surface area contributed by atoms with Crippen LogP contribution in [0.4, 0.5) is 0 Å². The summed E-state index contributed by atoms with van der Waals surface area (Å²) in [6.07, 6.45) is 1.55. The van der Waals surface area contributed by atoms with Gasteiger partial charge in [0.1, 0.15) is 5.52 Å². The van der Waals surface area contributed by atoms with Crippen LogP contribution in [-0.4, -0.2) is 15.2 Å². The molecular weight excluding hydrogens is 267 g/mol. The van der Waals surface area contributed by atoms with Crippen molar-refractivity contribution in [3.8, 4) is 0 Å².